The largest absolute Gasteiger partial charge is 0.482 e. The van der Waals surface area contributed by atoms with Gasteiger partial charge in [0.1, 0.15) is 5.75 Å². The molecule has 1 aliphatic heterocycles. The molecule has 7 nitrogen and oxygen atoms in total. The summed E-state index contributed by atoms with van der Waals surface area (Å²) in [6.45, 7) is 2.76. The van der Waals surface area contributed by atoms with Crippen molar-refractivity contribution < 1.29 is 9.53 Å². The molecule has 154 valence electrons. The number of amides is 1. The Morgan fingerprint density at radius 1 is 1.23 bits per heavy atom. The number of anilines is 3. The SMILES string of the molecule is Cc1c(Cl)cccc1-c1cc(CCCNc2ccc3c(c2)NC(=O)CO3)nc(N)n1. The molecule has 0 atom stereocenters. The molecular formula is C22H22ClN5O2. The summed E-state index contributed by atoms with van der Waals surface area (Å²) >= 11 is 6.24. The van der Waals surface area contributed by atoms with Gasteiger partial charge in [-0.05, 0) is 55.7 Å². The smallest absolute Gasteiger partial charge is 0.262 e. The van der Waals surface area contributed by atoms with E-state index in [0.717, 1.165) is 47.6 Å². The van der Waals surface area contributed by atoms with Crippen molar-refractivity contribution in [2.45, 2.75) is 19.8 Å². The summed E-state index contributed by atoms with van der Waals surface area (Å²) in [5, 5.41) is 6.86. The Bertz CT molecular complexity index is 1100. The summed E-state index contributed by atoms with van der Waals surface area (Å²) in [6, 6.07) is 13.3. The summed E-state index contributed by atoms with van der Waals surface area (Å²) in [6.07, 6.45) is 1.60. The van der Waals surface area contributed by atoms with Crippen LogP contribution in [0.2, 0.25) is 5.02 Å². The number of carbonyl (C=O) groups excluding carboxylic acids is 1. The van der Waals surface area contributed by atoms with Crippen LogP contribution in [0.4, 0.5) is 17.3 Å². The number of hydrogen-bond acceptors (Lipinski definition) is 6. The van der Waals surface area contributed by atoms with Crippen molar-refractivity contribution in [3.05, 3.63) is 58.7 Å². The van der Waals surface area contributed by atoms with Crippen molar-refractivity contribution in [1.82, 2.24) is 9.97 Å². The second-order valence-electron chi connectivity index (χ2n) is 7.09. The topological polar surface area (TPSA) is 102 Å². The molecule has 1 aromatic heterocycles. The molecule has 3 aromatic rings. The van der Waals surface area contributed by atoms with Crippen molar-refractivity contribution in [2.75, 3.05) is 29.5 Å². The highest BCUT2D eigenvalue weighted by Gasteiger charge is 2.15. The molecule has 1 amide bonds. The number of ether oxygens (including phenoxy) is 1. The standard InChI is InChI=1S/C22H22ClN5O2/c1-13-16(5-2-6-17(13)23)18-11-15(26-22(24)28-18)4-3-9-25-14-7-8-20-19(10-14)27-21(29)12-30-20/h2,5-8,10-11,25H,3-4,9,12H2,1H3,(H,27,29)(H2,24,26,28). The van der Waals surface area contributed by atoms with E-state index in [0.29, 0.717) is 16.5 Å². The lowest BCUT2D eigenvalue weighted by atomic mass is 10.0. The average molecular weight is 424 g/mol. The molecule has 1 aliphatic rings. The first-order valence-corrected chi connectivity index (χ1v) is 10.1. The van der Waals surface area contributed by atoms with Crippen LogP contribution in [0.5, 0.6) is 5.75 Å². The predicted molar refractivity (Wildman–Crippen MR) is 119 cm³/mol. The normalized spacial score (nSPS) is 12.7. The van der Waals surface area contributed by atoms with Crippen molar-refractivity contribution in [3.63, 3.8) is 0 Å². The quantitative estimate of drug-likeness (QED) is 0.516. The van der Waals surface area contributed by atoms with E-state index in [9.17, 15) is 4.79 Å². The number of hydrogen-bond donors (Lipinski definition) is 3. The minimum absolute atomic E-state index is 0.0541. The van der Waals surface area contributed by atoms with Crippen LogP contribution in [-0.2, 0) is 11.2 Å². The lowest BCUT2D eigenvalue weighted by Gasteiger charge is -2.18. The Morgan fingerprint density at radius 3 is 2.97 bits per heavy atom. The van der Waals surface area contributed by atoms with Crippen LogP contribution < -0.4 is 21.1 Å². The summed E-state index contributed by atoms with van der Waals surface area (Å²) < 4.78 is 5.37. The number of rotatable bonds is 6. The third-order valence-electron chi connectivity index (χ3n) is 4.89. The minimum atomic E-state index is -0.147. The zero-order valence-electron chi connectivity index (χ0n) is 16.5. The second kappa shape index (κ2) is 8.59. The molecule has 0 radical (unpaired) electrons. The summed E-state index contributed by atoms with van der Waals surface area (Å²) in [7, 11) is 0. The first-order valence-electron chi connectivity index (χ1n) is 9.69. The molecular weight excluding hydrogens is 402 g/mol. The number of nitrogens with zero attached hydrogens (tertiary/aromatic N) is 2. The van der Waals surface area contributed by atoms with E-state index in [1.807, 2.05) is 49.4 Å². The lowest BCUT2D eigenvalue weighted by Crippen LogP contribution is -2.25. The Morgan fingerprint density at radius 2 is 2.10 bits per heavy atom. The summed E-state index contributed by atoms with van der Waals surface area (Å²) in [5.74, 6) is 0.785. The molecule has 0 bridgehead atoms. The van der Waals surface area contributed by atoms with Crippen LogP contribution in [0.25, 0.3) is 11.3 Å². The van der Waals surface area contributed by atoms with Gasteiger partial charge in [-0.1, -0.05) is 23.7 Å². The maximum Gasteiger partial charge on any atom is 0.262 e. The molecule has 0 saturated heterocycles. The van der Waals surface area contributed by atoms with Gasteiger partial charge in [0.05, 0.1) is 11.4 Å². The Labute approximate surface area is 179 Å². The number of aromatic nitrogens is 2. The molecule has 0 unspecified atom stereocenters. The fourth-order valence-electron chi connectivity index (χ4n) is 3.36. The zero-order valence-corrected chi connectivity index (χ0v) is 17.3. The van der Waals surface area contributed by atoms with Crippen LogP contribution in [-0.4, -0.2) is 29.0 Å². The summed E-state index contributed by atoms with van der Waals surface area (Å²) in [5.41, 5.74) is 11.1. The number of aryl methyl sites for hydroxylation is 1. The van der Waals surface area contributed by atoms with Crippen molar-refractivity contribution >= 4 is 34.8 Å². The van der Waals surface area contributed by atoms with E-state index in [4.69, 9.17) is 22.1 Å². The average Bonchev–Trinajstić information content (AvgIpc) is 2.72. The van der Waals surface area contributed by atoms with Crippen LogP contribution in [0, 0.1) is 6.92 Å². The number of nitrogens with two attached hydrogens (primary N) is 1. The molecule has 30 heavy (non-hydrogen) atoms. The zero-order chi connectivity index (χ0) is 21.1. The van der Waals surface area contributed by atoms with Gasteiger partial charge in [-0.2, -0.15) is 0 Å². The van der Waals surface area contributed by atoms with Crippen molar-refractivity contribution in [3.8, 4) is 17.0 Å². The fraction of sp³-hybridized carbons (Fsp3) is 0.227. The van der Waals surface area contributed by atoms with E-state index < -0.39 is 0 Å². The Kier molecular flexibility index (Phi) is 5.72. The fourth-order valence-corrected chi connectivity index (χ4v) is 3.54. The maximum atomic E-state index is 11.5. The van der Waals surface area contributed by atoms with Gasteiger partial charge in [0.15, 0.2) is 6.61 Å². The lowest BCUT2D eigenvalue weighted by molar-refractivity contribution is -0.118. The second-order valence-corrected chi connectivity index (χ2v) is 7.50. The molecule has 8 heteroatoms. The van der Waals surface area contributed by atoms with Crippen LogP contribution in [0.3, 0.4) is 0 Å². The van der Waals surface area contributed by atoms with E-state index in [1.54, 1.807) is 0 Å². The van der Waals surface area contributed by atoms with E-state index in [2.05, 4.69) is 20.6 Å². The molecule has 4 rings (SSSR count). The summed E-state index contributed by atoms with van der Waals surface area (Å²) in [4.78, 5) is 20.2. The van der Waals surface area contributed by atoms with Crippen LogP contribution in [0.15, 0.2) is 42.5 Å². The van der Waals surface area contributed by atoms with E-state index in [1.165, 1.54) is 0 Å². The highest BCUT2D eigenvalue weighted by atomic mass is 35.5. The Hall–Kier alpha value is -3.32. The van der Waals surface area contributed by atoms with Gasteiger partial charge in [0, 0.05) is 28.5 Å². The number of benzene rings is 2. The maximum absolute atomic E-state index is 11.5. The minimum Gasteiger partial charge on any atom is -0.482 e. The number of fused-ring (bicyclic) bond motifs is 1. The molecule has 0 fully saturated rings. The predicted octanol–water partition coefficient (Wildman–Crippen LogP) is 4.06. The highest BCUT2D eigenvalue weighted by Crippen LogP contribution is 2.30. The number of nitrogens with one attached hydrogen (secondary N) is 2. The van der Waals surface area contributed by atoms with Gasteiger partial charge in [0.25, 0.3) is 5.91 Å². The Balaban J connectivity index is 1.39. The molecule has 0 spiro atoms. The molecule has 0 aliphatic carbocycles. The number of nitrogen functional groups attached to an aromatic ring is 1. The molecule has 2 aromatic carbocycles. The molecule has 2 heterocycles. The van der Waals surface area contributed by atoms with Crippen molar-refractivity contribution in [2.24, 2.45) is 0 Å². The van der Waals surface area contributed by atoms with Gasteiger partial charge < -0.3 is 21.1 Å². The molecule has 4 N–H and O–H groups in total. The highest BCUT2D eigenvalue weighted by molar-refractivity contribution is 6.31. The van der Waals surface area contributed by atoms with Crippen LogP contribution in [0.1, 0.15) is 17.7 Å². The van der Waals surface area contributed by atoms with Gasteiger partial charge >= 0.3 is 0 Å². The van der Waals surface area contributed by atoms with E-state index in [-0.39, 0.29) is 18.5 Å². The van der Waals surface area contributed by atoms with Crippen LogP contribution >= 0.6 is 11.6 Å². The molecule has 0 saturated carbocycles. The first kappa shape index (κ1) is 20.0. The van der Waals surface area contributed by atoms with Gasteiger partial charge in [0.2, 0.25) is 5.95 Å². The first-order chi connectivity index (χ1) is 14.5. The number of carbonyl (C=O) groups is 1. The van der Waals surface area contributed by atoms with E-state index >= 15 is 0 Å². The number of halogens is 1. The third-order valence-corrected chi connectivity index (χ3v) is 5.30. The van der Waals surface area contributed by atoms with Crippen molar-refractivity contribution in [1.29, 1.82) is 0 Å². The van der Waals surface area contributed by atoms with Gasteiger partial charge in [-0.15, -0.1) is 0 Å². The van der Waals surface area contributed by atoms with Gasteiger partial charge in [-0.3, -0.25) is 4.79 Å². The third kappa shape index (κ3) is 4.46. The van der Waals surface area contributed by atoms with Gasteiger partial charge in [-0.25, -0.2) is 9.97 Å². The monoisotopic (exact) mass is 423 g/mol.